The Bertz CT molecular complexity index is 622. The van der Waals surface area contributed by atoms with Gasteiger partial charge in [-0.05, 0) is 49.2 Å². The normalized spacial score (nSPS) is 11.6. The van der Waals surface area contributed by atoms with Gasteiger partial charge in [0.15, 0.2) is 6.10 Å². The molecule has 2 aromatic rings. The maximum absolute atomic E-state index is 12.1. The number of hydrogen-bond donors (Lipinski definition) is 1. The molecule has 1 atom stereocenters. The molecule has 0 heterocycles. The monoisotopic (exact) mass is 299 g/mol. The van der Waals surface area contributed by atoms with Crippen molar-refractivity contribution < 1.29 is 14.3 Å². The van der Waals surface area contributed by atoms with Crippen LogP contribution < -0.4 is 14.8 Å². The van der Waals surface area contributed by atoms with Crippen molar-refractivity contribution in [3.05, 3.63) is 59.7 Å². The molecule has 0 aliphatic carbocycles. The van der Waals surface area contributed by atoms with Crippen LogP contribution in [0, 0.1) is 6.92 Å². The molecular weight excluding hydrogens is 278 g/mol. The number of nitrogens with one attached hydrogen (secondary N) is 1. The van der Waals surface area contributed by atoms with Gasteiger partial charge in [0.25, 0.3) is 5.91 Å². The Morgan fingerprint density at radius 1 is 1.09 bits per heavy atom. The van der Waals surface area contributed by atoms with E-state index in [1.54, 1.807) is 38.3 Å². The van der Waals surface area contributed by atoms with Crippen LogP contribution in [0.15, 0.2) is 48.5 Å². The van der Waals surface area contributed by atoms with Gasteiger partial charge in [-0.25, -0.2) is 0 Å². The summed E-state index contributed by atoms with van der Waals surface area (Å²) in [4.78, 5) is 12.1. The number of hydrogen-bond acceptors (Lipinski definition) is 3. The Hall–Kier alpha value is -2.49. The van der Waals surface area contributed by atoms with Gasteiger partial charge in [0, 0.05) is 6.54 Å². The third-order valence-electron chi connectivity index (χ3n) is 3.46. The van der Waals surface area contributed by atoms with Crippen LogP contribution in [0.1, 0.15) is 18.1 Å². The highest BCUT2D eigenvalue weighted by Gasteiger charge is 2.14. The average Bonchev–Trinajstić information content (AvgIpc) is 2.54. The van der Waals surface area contributed by atoms with E-state index in [9.17, 15) is 4.79 Å². The van der Waals surface area contributed by atoms with E-state index in [-0.39, 0.29) is 5.91 Å². The van der Waals surface area contributed by atoms with Crippen LogP contribution in [-0.2, 0) is 11.3 Å². The second kappa shape index (κ2) is 7.50. The van der Waals surface area contributed by atoms with E-state index in [0.717, 1.165) is 16.9 Å². The van der Waals surface area contributed by atoms with Crippen molar-refractivity contribution in [2.45, 2.75) is 26.5 Å². The molecule has 1 N–H and O–H groups in total. The van der Waals surface area contributed by atoms with E-state index in [2.05, 4.69) is 5.32 Å². The second-order valence-electron chi connectivity index (χ2n) is 5.08. The SMILES string of the molecule is COc1ccc(OC(C)C(=O)NCc2ccccc2C)cc1. The van der Waals surface area contributed by atoms with Crippen molar-refractivity contribution in [2.24, 2.45) is 0 Å². The Labute approximate surface area is 131 Å². The molecule has 4 nitrogen and oxygen atoms in total. The summed E-state index contributed by atoms with van der Waals surface area (Å²) < 4.78 is 10.7. The number of benzene rings is 2. The zero-order valence-electron chi connectivity index (χ0n) is 13.1. The quantitative estimate of drug-likeness (QED) is 0.891. The fraction of sp³-hybridized carbons (Fsp3) is 0.278. The molecule has 0 aromatic heterocycles. The number of carbonyl (C=O) groups excluding carboxylic acids is 1. The standard InChI is InChI=1S/C18H21NO3/c1-13-6-4-5-7-15(13)12-19-18(20)14(2)22-17-10-8-16(21-3)9-11-17/h4-11,14H,12H2,1-3H3,(H,19,20). The van der Waals surface area contributed by atoms with Crippen LogP contribution in [0.2, 0.25) is 0 Å². The van der Waals surface area contributed by atoms with Crippen molar-refractivity contribution in [2.75, 3.05) is 7.11 Å². The van der Waals surface area contributed by atoms with Crippen molar-refractivity contribution >= 4 is 5.91 Å². The maximum atomic E-state index is 12.1. The largest absolute Gasteiger partial charge is 0.497 e. The Morgan fingerprint density at radius 2 is 1.73 bits per heavy atom. The Kier molecular flexibility index (Phi) is 5.42. The summed E-state index contributed by atoms with van der Waals surface area (Å²) in [5.41, 5.74) is 2.26. The summed E-state index contributed by atoms with van der Waals surface area (Å²) in [6.45, 7) is 4.26. The van der Waals surface area contributed by atoms with Crippen molar-refractivity contribution in [1.82, 2.24) is 5.32 Å². The van der Waals surface area contributed by atoms with Crippen LogP contribution in [0.3, 0.4) is 0 Å². The number of methoxy groups -OCH3 is 1. The van der Waals surface area contributed by atoms with Crippen LogP contribution in [0.25, 0.3) is 0 Å². The summed E-state index contributed by atoms with van der Waals surface area (Å²) in [7, 11) is 1.61. The third-order valence-corrected chi connectivity index (χ3v) is 3.46. The summed E-state index contributed by atoms with van der Waals surface area (Å²) in [5.74, 6) is 1.25. The summed E-state index contributed by atoms with van der Waals surface area (Å²) >= 11 is 0. The van der Waals surface area contributed by atoms with E-state index in [1.807, 2.05) is 31.2 Å². The van der Waals surface area contributed by atoms with Crippen molar-refractivity contribution in [1.29, 1.82) is 0 Å². The molecule has 4 heteroatoms. The first-order chi connectivity index (χ1) is 10.6. The lowest BCUT2D eigenvalue weighted by molar-refractivity contribution is -0.127. The molecule has 0 aliphatic heterocycles. The summed E-state index contributed by atoms with van der Waals surface area (Å²) in [5, 5.41) is 2.89. The van der Waals surface area contributed by atoms with Gasteiger partial charge < -0.3 is 14.8 Å². The van der Waals surface area contributed by atoms with Crippen molar-refractivity contribution in [3.8, 4) is 11.5 Å². The van der Waals surface area contributed by atoms with Crippen LogP contribution in [0.5, 0.6) is 11.5 Å². The second-order valence-corrected chi connectivity index (χ2v) is 5.08. The van der Waals surface area contributed by atoms with E-state index in [1.165, 1.54) is 0 Å². The maximum Gasteiger partial charge on any atom is 0.261 e. The molecule has 1 unspecified atom stereocenters. The average molecular weight is 299 g/mol. The first kappa shape index (κ1) is 15.9. The first-order valence-electron chi connectivity index (χ1n) is 7.23. The number of rotatable bonds is 6. The molecule has 0 fully saturated rings. The van der Waals surface area contributed by atoms with Gasteiger partial charge in [-0.3, -0.25) is 4.79 Å². The predicted octanol–water partition coefficient (Wildman–Crippen LogP) is 3.09. The molecule has 22 heavy (non-hydrogen) atoms. The van der Waals surface area contributed by atoms with Gasteiger partial charge in [0.05, 0.1) is 7.11 Å². The lowest BCUT2D eigenvalue weighted by Gasteiger charge is -2.15. The molecule has 2 rings (SSSR count). The topological polar surface area (TPSA) is 47.6 Å². The van der Waals surface area contributed by atoms with Gasteiger partial charge >= 0.3 is 0 Å². The first-order valence-corrected chi connectivity index (χ1v) is 7.23. The lowest BCUT2D eigenvalue weighted by Crippen LogP contribution is -2.36. The number of ether oxygens (including phenoxy) is 2. The van der Waals surface area contributed by atoms with E-state index in [4.69, 9.17) is 9.47 Å². The highest BCUT2D eigenvalue weighted by atomic mass is 16.5. The molecule has 0 spiro atoms. The van der Waals surface area contributed by atoms with E-state index in [0.29, 0.717) is 12.3 Å². The van der Waals surface area contributed by atoms with Crippen LogP contribution in [0.4, 0.5) is 0 Å². The smallest absolute Gasteiger partial charge is 0.261 e. The van der Waals surface area contributed by atoms with Gasteiger partial charge in [0.2, 0.25) is 0 Å². The van der Waals surface area contributed by atoms with Crippen molar-refractivity contribution in [3.63, 3.8) is 0 Å². The molecule has 0 bridgehead atoms. The number of carbonyl (C=O) groups is 1. The lowest BCUT2D eigenvalue weighted by atomic mass is 10.1. The molecule has 116 valence electrons. The zero-order valence-corrected chi connectivity index (χ0v) is 13.1. The van der Waals surface area contributed by atoms with Crippen LogP contribution >= 0.6 is 0 Å². The van der Waals surface area contributed by atoms with Gasteiger partial charge in [-0.1, -0.05) is 24.3 Å². The molecule has 1 amide bonds. The molecule has 0 saturated heterocycles. The minimum atomic E-state index is -0.558. The number of amides is 1. The molecule has 0 aliphatic rings. The Balaban J connectivity index is 1.87. The van der Waals surface area contributed by atoms with E-state index >= 15 is 0 Å². The Morgan fingerprint density at radius 3 is 2.36 bits per heavy atom. The predicted molar refractivity (Wildman–Crippen MR) is 86.1 cm³/mol. The number of aryl methyl sites for hydroxylation is 1. The van der Waals surface area contributed by atoms with E-state index < -0.39 is 6.10 Å². The highest BCUT2D eigenvalue weighted by Crippen LogP contribution is 2.18. The summed E-state index contributed by atoms with van der Waals surface area (Å²) in [6.07, 6.45) is -0.558. The highest BCUT2D eigenvalue weighted by molar-refractivity contribution is 5.80. The fourth-order valence-electron chi connectivity index (χ4n) is 2.05. The molecule has 2 aromatic carbocycles. The van der Waals surface area contributed by atoms with Crippen LogP contribution in [-0.4, -0.2) is 19.1 Å². The van der Waals surface area contributed by atoms with Gasteiger partial charge in [0.1, 0.15) is 11.5 Å². The van der Waals surface area contributed by atoms with Gasteiger partial charge in [-0.2, -0.15) is 0 Å². The molecular formula is C18H21NO3. The molecule has 0 radical (unpaired) electrons. The zero-order chi connectivity index (χ0) is 15.9. The van der Waals surface area contributed by atoms with Gasteiger partial charge in [-0.15, -0.1) is 0 Å². The third kappa shape index (κ3) is 4.25. The fourth-order valence-corrected chi connectivity index (χ4v) is 2.05. The minimum absolute atomic E-state index is 0.140. The molecule has 0 saturated carbocycles. The minimum Gasteiger partial charge on any atom is -0.497 e. The summed E-state index contributed by atoms with van der Waals surface area (Å²) in [6, 6.07) is 15.1.